The van der Waals surface area contributed by atoms with Gasteiger partial charge in [-0.05, 0) is 30.0 Å². The molecule has 0 heterocycles. The first-order chi connectivity index (χ1) is 13.7. The summed E-state index contributed by atoms with van der Waals surface area (Å²) in [6.45, 7) is 5.79. The Hall–Kier alpha value is -2.72. The van der Waals surface area contributed by atoms with Crippen molar-refractivity contribution in [2.24, 2.45) is 10.4 Å². The van der Waals surface area contributed by atoms with Gasteiger partial charge >= 0.3 is 0 Å². The lowest BCUT2D eigenvalue weighted by molar-refractivity contribution is -0.117. The fraction of sp³-hybridized carbons (Fsp3) is 0.292. The quantitative estimate of drug-likeness (QED) is 0.468. The second kappa shape index (κ2) is 8.34. The first-order valence-electron chi connectivity index (χ1n) is 9.64. The largest absolute Gasteiger partial charge is 0.511 e. The van der Waals surface area contributed by atoms with Crippen molar-refractivity contribution in [3.8, 4) is 0 Å². The van der Waals surface area contributed by atoms with Crippen LogP contribution in [-0.2, 0) is 4.79 Å². The summed E-state index contributed by atoms with van der Waals surface area (Å²) in [7, 11) is 0. The van der Waals surface area contributed by atoms with Crippen LogP contribution in [-0.4, -0.2) is 22.4 Å². The van der Waals surface area contributed by atoms with E-state index in [-0.39, 0.29) is 28.3 Å². The van der Waals surface area contributed by atoms with E-state index in [0.29, 0.717) is 46.8 Å². The van der Waals surface area contributed by atoms with Gasteiger partial charge < -0.3 is 5.11 Å². The Morgan fingerprint density at radius 3 is 2.45 bits per heavy atom. The van der Waals surface area contributed by atoms with Crippen molar-refractivity contribution in [3.05, 3.63) is 76.0 Å². The summed E-state index contributed by atoms with van der Waals surface area (Å²) >= 11 is 6.14. The molecular formula is C24H24ClNO3. The van der Waals surface area contributed by atoms with Gasteiger partial charge in [0.05, 0.1) is 17.0 Å². The summed E-state index contributed by atoms with van der Waals surface area (Å²) < 4.78 is 0. The van der Waals surface area contributed by atoms with E-state index in [4.69, 9.17) is 11.6 Å². The van der Waals surface area contributed by atoms with E-state index in [2.05, 4.69) is 4.99 Å². The summed E-state index contributed by atoms with van der Waals surface area (Å²) in [5.41, 5.74) is 1.80. The summed E-state index contributed by atoms with van der Waals surface area (Å²) in [5.74, 6) is -0.252. The van der Waals surface area contributed by atoms with E-state index >= 15 is 0 Å². The smallest absolute Gasteiger partial charge is 0.195 e. The highest BCUT2D eigenvalue weighted by Gasteiger charge is 2.34. The average Bonchev–Trinajstić information content (AvgIpc) is 2.67. The van der Waals surface area contributed by atoms with E-state index in [1.165, 1.54) is 0 Å². The Bertz CT molecular complexity index is 1020. The zero-order chi connectivity index (χ0) is 21.2. The number of nitrogens with zero attached hydrogens (tertiary/aromatic N) is 1. The first kappa shape index (κ1) is 21.0. The van der Waals surface area contributed by atoms with Gasteiger partial charge in [0, 0.05) is 29.0 Å². The second-order valence-corrected chi connectivity index (χ2v) is 8.47. The molecule has 0 aliphatic heterocycles. The van der Waals surface area contributed by atoms with Crippen LogP contribution in [0.15, 0.2) is 64.9 Å². The number of carbonyl (C=O) groups excluding carboxylic acids is 2. The van der Waals surface area contributed by atoms with Gasteiger partial charge in [-0.15, -0.1) is 0 Å². The highest BCUT2D eigenvalue weighted by molar-refractivity contribution is 6.31. The molecule has 4 nitrogen and oxygen atoms in total. The molecule has 0 bridgehead atoms. The Morgan fingerprint density at radius 1 is 1.14 bits per heavy atom. The van der Waals surface area contributed by atoms with Crippen LogP contribution in [0.3, 0.4) is 0 Å². The number of aliphatic hydroxyl groups is 1. The van der Waals surface area contributed by atoms with Crippen LogP contribution in [0, 0.1) is 5.41 Å². The molecule has 3 rings (SSSR count). The van der Waals surface area contributed by atoms with Gasteiger partial charge in [0.2, 0.25) is 0 Å². The summed E-state index contributed by atoms with van der Waals surface area (Å²) in [6.07, 6.45) is 1.22. The molecule has 0 fully saturated rings. The maximum absolute atomic E-state index is 13.0. The van der Waals surface area contributed by atoms with Gasteiger partial charge in [0.25, 0.3) is 0 Å². The average molecular weight is 410 g/mol. The lowest BCUT2D eigenvalue weighted by Gasteiger charge is -2.29. The third kappa shape index (κ3) is 4.65. The number of Topliss-reactive ketones (excluding diaryl/α,β-unsaturated/α-hetero) is 1. The number of benzene rings is 2. The zero-order valence-electron chi connectivity index (χ0n) is 16.8. The molecule has 0 amide bonds. The van der Waals surface area contributed by atoms with Crippen LogP contribution in [0.4, 0.5) is 5.69 Å². The van der Waals surface area contributed by atoms with Crippen LogP contribution in [0.5, 0.6) is 0 Å². The maximum atomic E-state index is 13.0. The number of ketones is 2. The summed E-state index contributed by atoms with van der Waals surface area (Å²) in [4.78, 5) is 30.4. The van der Waals surface area contributed by atoms with Crippen LogP contribution in [0.2, 0.25) is 5.02 Å². The Labute approximate surface area is 175 Å². The lowest BCUT2D eigenvalue weighted by atomic mass is 9.75. The molecule has 1 N–H and O–H groups in total. The van der Waals surface area contributed by atoms with E-state index < -0.39 is 0 Å². The summed E-state index contributed by atoms with van der Waals surface area (Å²) in [5, 5.41) is 11.0. The molecule has 1 aliphatic carbocycles. The molecule has 0 radical (unpaired) electrons. The molecule has 5 heteroatoms. The molecular weight excluding hydrogens is 386 g/mol. The van der Waals surface area contributed by atoms with E-state index in [1.54, 1.807) is 42.5 Å². The van der Waals surface area contributed by atoms with Gasteiger partial charge in [0.15, 0.2) is 11.6 Å². The van der Waals surface area contributed by atoms with Gasteiger partial charge in [0.1, 0.15) is 5.76 Å². The lowest BCUT2D eigenvalue weighted by Crippen LogP contribution is -2.29. The van der Waals surface area contributed by atoms with Gasteiger partial charge in [-0.2, -0.15) is 0 Å². The van der Waals surface area contributed by atoms with Crippen molar-refractivity contribution >= 4 is 34.6 Å². The Kier molecular flexibility index (Phi) is 6.04. The van der Waals surface area contributed by atoms with Gasteiger partial charge in [-0.3, -0.25) is 14.6 Å². The van der Waals surface area contributed by atoms with Crippen LogP contribution >= 0.6 is 11.6 Å². The molecule has 2 aromatic carbocycles. The highest BCUT2D eigenvalue weighted by Crippen LogP contribution is 2.37. The second-order valence-electron chi connectivity index (χ2n) is 8.03. The first-order valence-corrected chi connectivity index (χ1v) is 10.0. The molecule has 2 aromatic rings. The number of hydrogen-bond acceptors (Lipinski definition) is 4. The molecule has 0 unspecified atom stereocenters. The van der Waals surface area contributed by atoms with Crippen LogP contribution in [0.25, 0.3) is 0 Å². The fourth-order valence-corrected chi connectivity index (χ4v) is 3.78. The maximum Gasteiger partial charge on any atom is 0.195 e. The summed E-state index contributed by atoms with van der Waals surface area (Å²) in [6, 6.07) is 13.8. The van der Waals surface area contributed by atoms with Crippen molar-refractivity contribution in [2.75, 3.05) is 0 Å². The van der Waals surface area contributed by atoms with Crippen molar-refractivity contribution in [1.29, 1.82) is 0 Å². The minimum Gasteiger partial charge on any atom is -0.511 e. The number of hydrogen-bond donors (Lipinski definition) is 1. The number of halogens is 1. The monoisotopic (exact) mass is 409 g/mol. The molecule has 150 valence electrons. The standard InChI is InChI=1S/C24H24ClNO3/c1-4-18(22-20(27)13-24(2,3)14-21(22)28)26-19-11-10-16(25)12-17(19)23(29)15-8-6-5-7-9-15/h5-12,27H,4,13-14H2,1-3H3. The Balaban J connectivity index is 2.10. The molecule has 0 spiro atoms. The third-order valence-electron chi connectivity index (χ3n) is 4.97. The van der Waals surface area contributed by atoms with Crippen LogP contribution in [0.1, 0.15) is 56.0 Å². The predicted molar refractivity (Wildman–Crippen MR) is 116 cm³/mol. The van der Waals surface area contributed by atoms with Crippen molar-refractivity contribution < 1.29 is 14.7 Å². The van der Waals surface area contributed by atoms with Crippen molar-refractivity contribution in [1.82, 2.24) is 0 Å². The predicted octanol–water partition coefficient (Wildman–Crippen LogP) is 6.25. The highest BCUT2D eigenvalue weighted by atomic mass is 35.5. The van der Waals surface area contributed by atoms with E-state index in [0.717, 1.165) is 0 Å². The molecule has 1 aliphatic rings. The van der Waals surface area contributed by atoms with E-state index in [9.17, 15) is 14.7 Å². The normalized spacial score (nSPS) is 16.8. The van der Waals surface area contributed by atoms with Gasteiger partial charge in [-0.1, -0.05) is 62.7 Å². The number of carbonyl (C=O) groups is 2. The molecule has 29 heavy (non-hydrogen) atoms. The Morgan fingerprint density at radius 2 is 1.83 bits per heavy atom. The molecule has 0 atom stereocenters. The number of aliphatic imine (C=N–C) groups is 1. The molecule has 0 saturated heterocycles. The van der Waals surface area contributed by atoms with E-state index in [1.807, 2.05) is 26.8 Å². The molecule has 0 saturated carbocycles. The minimum atomic E-state index is -0.280. The SMILES string of the molecule is CCC(=Nc1ccc(Cl)cc1C(=O)c1ccccc1)C1=C(O)CC(C)(C)CC1=O. The number of aliphatic hydroxyl groups excluding tert-OH is 1. The van der Waals surface area contributed by atoms with Crippen molar-refractivity contribution in [3.63, 3.8) is 0 Å². The van der Waals surface area contributed by atoms with Crippen molar-refractivity contribution in [2.45, 2.75) is 40.0 Å². The fourth-order valence-electron chi connectivity index (χ4n) is 3.61. The third-order valence-corrected chi connectivity index (χ3v) is 5.21. The zero-order valence-corrected chi connectivity index (χ0v) is 17.6. The van der Waals surface area contributed by atoms with Gasteiger partial charge in [-0.25, -0.2) is 0 Å². The number of allylic oxidation sites excluding steroid dienone is 2. The topological polar surface area (TPSA) is 66.7 Å². The van der Waals surface area contributed by atoms with Crippen LogP contribution < -0.4 is 0 Å². The minimum absolute atomic E-state index is 0.0664. The number of rotatable bonds is 5. The molecule has 0 aromatic heterocycles.